The topological polar surface area (TPSA) is 0 Å². The molecule has 0 saturated heterocycles. The molecule has 2 aromatic rings. The lowest BCUT2D eigenvalue weighted by molar-refractivity contribution is 0.381. The zero-order valence-electron chi connectivity index (χ0n) is 17.5. The van der Waals surface area contributed by atoms with E-state index in [9.17, 15) is 35.1 Å². The summed E-state index contributed by atoms with van der Waals surface area (Å²) >= 11 is 13.2. The molecule has 0 unspecified atom stereocenters. The van der Waals surface area contributed by atoms with Gasteiger partial charge in [-0.2, -0.15) is 0 Å². The molecule has 0 saturated carbocycles. The SMILES string of the molecule is Fc1c(F)c(F)c2c(c1F)[C@H]1C=C[C@@H]2[C@H](SS[C@@H]2[C@@H](Cl)[C@@H]3C=C[C@H]2c2c(F)c(F)c(F)c(F)c23)[C@H]1Cl. The Bertz CT molecular complexity index is 1280. The van der Waals surface area contributed by atoms with Gasteiger partial charge in [-0.3, -0.25) is 0 Å². The van der Waals surface area contributed by atoms with Crippen molar-refractivity contribution in [2.75, 3.05) is 0 Å². The van der Waals surface area contributed by atoms with Crippen molar-refractivity contribution >= 4 is 44.8 Å². The van der Waals surface area contributed by atoms with Gasteiger partial charge in [0.25, 0.3) is 0 Å². The fourth-order valence-corrected chi connectivity index (χ4v) is 10.9. The van der Waals surface area contributed by atoms with Crippen LogP contribution in [-0.4, -0.2) is 21.3 Å². The van der Waals surface area contributed by atoms with Gasteiger partial charge in [0.05, 0.1) is 10.8 Å². The van der Waals surface area contributed by atoms with Crippen LogP contribution < -0.4 is 0 Å². The number of hydrogen-bond acceptors (Lipinski definition) is 2. The normalized spacial score (nSPS) is 33.3. The average molecular weight is 587 g/mol. The van der Waals surface area contributed by atoms with Crippen LogP contribution in [0, 0.1) is 46.5 Å². The van der Waals surface area contributed by atoms with Gasteiger partial charge in [-0.15, -0.1) is 23.2 Å². The van der Waals surface area contributed by atoms with E-state index < -0.39 is 91.5 Å². The second-order valence-corrected chi connectivity index (χ2v) is 12.7. The van der Waals surface area contributed by atoms with Gasteiger partial charge < -0.3 is 0 Å². The Morgan fingerprint density at radius 3 is 0.972 bits per heavy atom. The Balaban J connectivity index is 1.33. The summed E-state index contributed by atoms with van der Waals surface area (Å²) in [6, 6.07) is 0. The third kappa shape index (κ3) is 3.16. The molecule has 8 rings (SSSR count). The van der Waals surface area contributed by atoms with E-state index in [0.29, 0.717) is 0 Å². The van der Waals surface area contributed by atoms with Gasteiger partial charge in [-0.25, -0.2) is 35.1 Å². The van der Waals surface area contributed by atoms with Crippen LogP contribution in [0.4, 0.5) is 35.1 Å². The highest BCUT2D eigenvalue weighted by Gasteiger charge is 2.51. The lowest BCUT2D eigenvalue weighted by atomic mass is 9.70. The molecule has 190 valence electrons. The third-order valence-corrected chi connectivity index (χ3v) is 12.1. The van der Waals surface area contributed by atoms with E-state index in [1.165, 1.54) is 12.2 Å². The van der Waals surface area contributed by atoms with Crippen LogP contribution >= 0.6 is 44.8 Å². The number of rotatable bonds is 3. The van der Waals surface area contributed by atoms with Crippen molar-refractivity contribution < 1.29 is 35.1 Å². The van der Waals surface area contributed by atoms with Crippen LogP contribution in [0.3, 0.4) is 0 Å². The molecule has 2 aromatic carbocycles. The third-order valence-electron chi connectivity index (χ3n) is 7.37. The van der Waals surface area contributed by atoms with Gasteiger partial charge in [0.15, 0.2) is 46.5 Å². The maximum Gasteiger partial charge on any atom is 0.197 e. The fraction of sp³-hybridized carbons (Fsp3) is 0.333. The molecule has 0 spiro atoms. The molecule has 0 nitrogen and oxygen atoms in total. The Kier molecular flexibility index (Phi) is 5.94. The van der Waals surface area contributed by atoms with Crippen molar-refractivity contribution in [2.45, 2.75) is 44.9 Å². The molecule has 0 amide bonds. The number of benzene rings is 2. The summed E-state index contributed by atoms with van der Waals surface area (Å²) in [5.74, 6) is -17.2. The minimum atomic E-state index is -1.91. The zero-order chi connectivity index (χ0) is 25.8. The first-order valence-corrected chi connectivity index (χ1v) is 13.9. The van der Waals surface area contributed by atoms with Gasteiger partial charge in [-0.05, 0) is 0 Å². The molecule has 6 aliphatic carbocycles. The minimum Gasteiger partial charge on any atom is -0.203 e. The lowest BCUT2D eigenvalue weighted by Gasteiger charge is -2.46. The van der Waals surface area contributed by atoms with Crippen molar-refractivity contribution in [2.24, 2.45) is 0 Å². The Hall–Kier alpha value is -1.36. The highest BCUT2D eigenvalue weighted by molar-refractivity contribution is 8.77. The van der Waals surface area contributed by atoms with Crippen LogP contribution in [0.25, 0.3) is 0 Å². The summed E-state index contributed by atoms with van der Waals surface area (Å²) in [7, 11) is 2.25. The van der Waals surface area contributed by atoms with Crippen LogP contribution in [0.2, 0.25) is 0 Å². The first-order valence-electron chi connectivity index (χ1n) is 10.7. The van der Waals surface area contributed by atoms with Crippen molar-refractivity contribution in [3.63, 3.8) is 0 Å². The molecule has 36 heavy (non-hydrogen) atoms. The standard InChI is InChI=1S/C24H12Cl2F8S2/c25-13-5-1-3-7(11-9(5)15(27)19(31)21(33)17(11)29)23(13)35-36-24-8-4-2-6(14(24)26)10-12(8)18(30)22(34)20(32)16(10)28/h1-8,13-14,23-24H/t5-,6-,7+,8+,13+,14+,23+,24+/m1/s1. The predicted octanol–water partition coefficient (Wildman–Crippen LogP) is 8.33. The summed E-state index contributed by atoms with van der Waals surface area (Å²) in [4.78, 5) is 0. The summed E-state index contributed by atoms with van der Waals surface area (Å²) in [6.45, 7) is 0. The molecular formula is C24H12Cl2F8S2. The van der Waals surface area contributed by atoms with Crippen molar-refractivity contribution in [1.82, 2.24) is 0 Å². The number of alkyl halides is 2. The molecule has 0 fully saturated rings. The minimum absolute atomic E-state index is 0.308. The molecule has 0 radical (unpaired) electrons. The van der Waals surface area contributed by atoms with Crippen LogP contribution in [0.15, 0.2) is 24.3 Å². The second-order valence-electron chi connectivity index (χ2n) is 9.05. The molecule has 4 bridgehead atoms. The number of halogens is 10. The van der Waals surface area contributed by atoms with Gasteiger partial charge >= 0.3 is 0 Å². The summed E-state index contributed by atoms with van der Waals surface area (Å²) in [5, 5.41) is -2.95. The van der Waals surface area contributed by atoms with Crippen LogP contribution in [0.5, 0.6) is 0 Å². The molecule has 6 aliphatic rings. The molecule has 0 heterocycles. The van der Waals surface area contributed by atoms with Gasteiger partial charge in [0.1, 0.15) is 0 Å². The molecule has 0 aliphatic heterocycles. The fourth-order valence-electron chi connectivity index (χ4n) is 5.74. The van der Waals surface area contributed by atoms with Gasteiger partial charge in [0.2, 0.25) is 0 Å². The molecule has 0 aromatic heterocycles. The van der Waals surface area contributed by atoms with Crippen molar-refractivity contribution in [1.29, 1.82) is 0 Å². The Labute approximate surface area is 217 Å². The number of allylic oxidation sites excluding steroid dienone is 4. The van der Waals surface area contributed by atoms with Gasteiger partial charge in [0, 0.05) is 56.4 Å². The summed E-state index contributed by atoms with van der Waals surface area (Å²) in [5.41, 5.74) is -1.26. The van der Waals surface area contributed by atoms with E-state index in [-0.39, 0.29) is 22.3 Å². The highest BCUT2D eigenvalue weighted by atomic mass is 35.5. The van der Waals surface area contributed by atoms with Crippen molar-refractivity contribution in [3.05, 3.63) is 93.1 Å². The summed E-state index contributed by atoms with van der Waals surface area (Å²) < 4.78 is 114. The molecule has 8 atom stereocenters. The van der Waals surface area contributed by atoms with E-state index >= 15 is 0 Å². The zero-order valence-corrected chi connectivity index (χ0v) is 20.7. The van der Waals surface area contributed by atoms with Crippen molar-refractivity contribution in [3.8, 4) is 0 Å². The maximum atomic E-state index is 14.7. The quantitative estimate of drug-likeness (QED) is 0.0885. The Morgan fingerprint density at radius 2 is 0.667 bits per heavy atom. The molecular weight excluding hydrogens is 575 g/mol. The largest absolute Gasteiger partial charge is 0.203 e. The Morgan fingerprint density at radius 1 is 0.417 bits per heavy atom. The monoisotopic (exact) mass is 586 g/mol. The number of hydrogen-bond donors (Lipinski definition) is 0. The second kappa shape index (κ2) is 8.58. The van der Waals surface area contributed by atoms with E-state index in [1.54, 1.807) is 12.2 Å². The van der Waals surface area contributed by atoms with E-state index in [1.807, 2.05) is 0 Å². The highest BCUT2D eigenvalue weighted by Crippen LogP contribution is 2.60. The average Bonchev–Trinajstić information content (AvgIpc) is 2.88. The number of fused-ring (bicyclic) bond motifs is 2. The first-order chi connectivity index (χ1) is 17.1. The van der Waals surface area contributed by atoms with E-state index in [0.717, 1.165) is 21.6 Å². The molecule has 0 N–H and O–H groups in total. The first kappa shape index (κ1) is 24.9. The van der Waals surface area contributed by atoms with Crippen LogP contribution in [0.1, 0.15) is 45.9 Å². The van der Waals surface area contributed by atoms with Crippen LogP contribution in [-0.2, 0) is 0 Å². The molecule has 12 heteroatoms. The van der Waals surface area contributed by atoms with E-state index in [4.69, 9.17) is 23.2 Å². The van der Waals surface area contributed by atoms with Gasteiger partial charge in [-0.1, -0.05) is 45.9 Å². The summed E-state index contributed by atoms with van der Waals surface area (Å²) in [6.07, 6.45) is 6.15. The van der Waals surface area contributed by atoms with E-state index in [2.05, 4.69) is 0 Å². The lowest BCUT2D eigenvalue weighted by Crippen LogP contribution is -2.42. The predicted molar refractivity (Wildman–Crippen MR) is 124 cm³/mol. The maximum absolute atomic E-state index is 14.7. The smallest absolute Gasteiger partial charge is 0.197 e.